The Morgan fingerprint density at radius 2 is 2.04 bits per heavy atom. The summed E-state index contributed by atoms with van der Waals surface area (Å²) in [6, 6.07) is 8.81. The predicted molar refractivity (Wildman–Crippen MR) is 91.2 cm³/mol. The van der Waals surface area contributed by atoms with E-state index in [-0.39, 0.29) is 32.6 Å². The van der Waals surface area contributed by atoms with Gasteiger partial charge in [-0.05, 0) is 18.2 Å². The summed E-state index contributed by atoms with van der Waals surface area (Å²) in [5.41, 5.74) is 2.47. The molecular formula is C15H11Cl2N3O4. The summed E-state index contributed by atoms with van der Waals surface area (Å²) in [5, 5.41) is 15.1. The van der Waals surface area contributed by atoms with Crippen LogP contribution in [0.4, 0.5) is 5.69 Å². The molecule has 0 aromatic heterocycles. The molecule has 24 heavy (non-hydrogen) atoms. The largest absolute Gasteiger partial charge is 0.494 e. The third-order valence-corrected chi connectivity index (χ3v) is 3.46. The van der Waals surface area contributed by atoms with E-state index in [9.17, 15) is 14.9 Å². The first-order valence-electron chi connectivity index (χ1n) is 6.54. The fourth-order valence-corrected chi connectivity index (χ4v) is 2.49. The molecule has 0 aliphatic heterocycles. The maximum atomic E-state index is 12.2. The third-order valence-electron chi connectivity index (χ3n) is 2.96. The molecule has 1 N–H and O–H groups in total. The number of nitrogens with zero attached hydrogens (tertiary/aromatic N) is 2. The standard InChI is InChI=1S/C15H11Cl2N3O4/c1-24-14-11(6-10(16)7-12(14)17)15(21)19-18-8-9-4-2-3-5-13(9)20(22)23/h2-8H,1H3,(H,19,21). The number of amides is 1. The van der Waals surface area contributed by atoms with Gasteiger partial charge in [-0.2, -0.15) is 5.10 Å². The summed E-state index contributed by atoms with van der Waals surface area (Å²) in [7, 11) is 1.36. The van der Waals surface area contributed by atoms with Crippen molar-refractivity contribution in [3.05, 3.63) is 67.7 Å². The van der Waals surface area contributed by atoms with Gasteiger partial charge in [0.1, 0.15) is 5.75 Å². The van der Waals surface area contributed by atoms with Crippen LogP contribution in [-0.2, 0) is 0 Å². The zero-order valence-electron chi connectivity index (χ0n) is 12.3. The molecule has 9 heteroatoms. The number of halogens is 2. The van der Waals surface area contributed by atoms with E-state index in [0.717, 1.165) is 0 Å². The zero-order chi connectivity index (χ0) is 17.7. The van der Waals surface area contributed by atoms with E-state index >= 15 is 0 Å². The van der Waals surface area contributed by atoms with Crippen molar-refractivity contribution in [1.82, 2.24) is 5.43 Å². The van der Waals surface area contributed by atoms with Crippen molar-refractivity contribution in [3.63, 3.8) is 0 Å². The monoisotopic (exact) mass is 367 g/mol. The molecule has 2 aromatic rings. The van der Waals surface area contributed by atoms with Gasteiger partial charge in [-0.25, -0.2) is 5.43 Å². The second-order valence-electron chi connectivity index (χ2n) is 4.48. The Morgan fingerprint density at radius 3 is 2.71 bits per heavy atom. The van der Waals surface area contributed by atoms with E-state index in [4.69, 9.17) is 27.9 Å². The Kier molecular flexibility index (Phi) is 5.73. The number of hydrogen-bond donors (Lipinski definition) is 1. The quantitative estimate of drug-likeness (QED) is 0.495. The first-order chi connectivity index (χ1) is 11.4. The molecule has 0 aliphatic rings. The summed E-state index contributed by atoms with van der Waals surface area (Å²) < 4.78 is 5.07. The summed E-state index contributed by atoms with van der Waals surface area (Å²) in [5.74, 6) is -0.467. The number of nitro groups is 1. The fraction of sp³-hybridized carbons (Fsp3) is 0.0667. The number of ether oxygens (including phenoxy) is 1. The highest BCUT2D eigenvalue weighted by molar-refractivity contribution is 6.36. The van der Waals surface area contributed by atoms with Crippen molar-refractivity contribution < 1.29 is 14.5 Å². The molecule has 0 atom stereocenters. The molecule has 0 bridgehead atoms. The lowest BCUT2D eigenvalue weighted by Gasteiger charge is -2.09. The second-order valence-corrected chi connectivity index (χ2v) is 5.33. The molecule has 0 saturated carbocycles. The Labute approximate surface area is 147 Å². The van der Waals surface area contributed by atoms with E-state index in [1.165, 1.54) is 43.7 Å². The Balaban J connectivity index is 2.22. The van der Waals surface area contributed by atoms with Gasteiger partial charge in [0.05, 0.1) is 34.4 Å². The predicted octanol–water partition coefficient (Wildman–Crippen LogP) is 3.67. The number of carbonyl (C=O) groups is 1. The molecule has 7 nitrogen and oxygen atoms in total. The van der Waals surface area contributed by atoms with Crippen LogP contribution in [0.25, 0.3) is 0 Å². The molecule has 1 amide bonds. The van der Waals surface area contributed by atoms with Crippen LogP contribution in [-0.4, -0.2) is 24.2 Å². The molecule has 2 rings (SSSR count). The van der Waals surface area contributed by atoms with Crippen molar-refractivity contribution in [2.24, 2.45) is 5.10 Å². The lowest BCUT2D eigenvalue weighted by molar-refractivity contribution is -0.385. The van der Waals surface area contributed by atoms with E-state index < -0.39 is 10.8 Å². The molecular weight excluding hydrogens is 357 g/mol. The fourth-order valence-electron chi connectivity index (χ4n) is 1.92. The lowest BCUT2D eigenvalue weighted by Crippen LogP contribution is -2.18. The average Bonchev–Trinajstić information content (AvgIpc) is 2.54. The van der Waals surface area contributed by atoms with Crippen molar-refractivity contribution in [3.8, 4) is 5.75 Å². The van der Waals surface area contributed by atoms with Crippen LogP contribution in [0.3, 0.4) is 0 Å². The van der Waals surface area contributed by atoms with Gasteiger partial charge < -0.3 is 4.74 Å². The van der Waals surface area contributed by atoms with Crippen LogP contribution in [0.2, 0.25) is 10.0 Å². The van der Waals surface area contributed by atoms with Crippen LogP contribution in [0.5, 0.6) is 5.75 Å². The molecule has 2 aromatic carbocycles. The summed E-state index contributed by atoms with van der Waals surface area (Å²) in [6.45, 7) is 0. The Bertz CT molecular complexity index is 824. The molecule has 0 radical (unpaired) electrons. The number of methoxy groups -OCH3 is 1. The van der Waals surface area contributed by atoms with Gasteiger partial charge in [-0.1, -0.05) is 35.3 Å². The lowest BCUT2D eigenvalue weighted by atomic mass is 10.2. The first kappa shape index (κ1) is 17.7. The van der Waals surface area contributed by atoms with E-state index in [0.29, 0.717) is 0 Å². The number of hydrogen-bond acceptors (Lipinski definition) is 5. The highest BCUT2D eigenvalue weighted by Crippen LogP contribution is 2.32. The van der Waals surface area contributed by atoms with E-state index in [1.54, 1.807) is 6.07 Å². The summed E-state index contributed by atoms with van der Waals surface area (Å²) >= 11 is 11.8. The molecule has 124 valence electrons. The number of carbonyl (C=O) groups excluding carboxylic acids is 1. The Morgan fingerprint density at radius 1 is 1.33 bits per heavy atom. The maximum absolute atomic E-state index is 12.2. The summed E-state index contributed by atoms with van der Waals surface area (Å²) in [6.07, 6.45) is 1.18. The molecule has 0 aliphatic carbocycles. The van der Waals surface area contributed by atoms with E-state index in [2.05, 4.69) is 10.5 Å². The topological polar surface area (TPSA) is 93.8 Å². The number of rotatable bonds is 5. The minimum absolute atomic E-state index is 0.0923. The second kappa shape index (κ2) is 7.76. The molecule has 0 fully saturated rings. The van der Waals surface area contributed by atoms with Crippen molar-refractivity contribution in [2.75, 3.05) is 7.11 Å². The van der Waals surface area contributed by atoms with E-state index in [1.807, 2.05) is 0 Å². The van der Waals surface area contributed by atoms with Crippen LogP contribution in [0.1, 0.15) is 15.9 Å². The van der Waals surface area contributed by atoms with Crippen molar-refractivity contribution in [1.29, 1.82) is 0 Å². The Hall–Kier alpha value is -2.64. The van der Waals surface area contributed by atoms with Gasteiger partial charge in [0.25, 0.3) is 11.6 Å². The van der Waals surface area contributed by atoms with Crippen LogP contribution < -0.4 is 10.2 Å². The van der Waals surface area contributed by atoms with Gasteiger partial charge in [0.2, 0.25) is 0 Å². The molecule has 0 saturated heterocycles. The summed E-state index contributed by atoms with van der Waals surface area (Å²) in [4.78, 5) is 22.6. The number of para-hydroxylation sites is 1. The van der Waals surface area contributed by atoms with Crippen LogP contribution >= 0.6 is 23.2 Å². The molecule has 0 unspecified atom stereocenters. The minimum Gasteiger partial charge on any atom is -0.494 e. The smallest absolute Gasteiger partial charge is 0.278 e. The SMILES string of the molecule is COc1c(Cl)cc(Cl)cc1C(=O)NN=Cc1ccccc1[N+](=O)[O-]. The highest BCUT2D eigenvalue weighted by atomic mass is 35.5. The highest BCUT2D eigenvalue weighted by Gasteiger charge is 2.16. The first-order valence-corrected chi connectivity index (χ1v) is 7.29. The number of benzene rings is 2. The van der Waals surface area contributed by atoms with Gasteiger partial charge in [0, 0.05) is 11.1 Å². The van der Waals surface area contributed by atoms with Gasteiger partial charge >= 0.3 is 0 Å². The number of nitro benzene ring substituents is 1. The zero-order valence-corrected chi connectivity index (χ0v) is 13.8. The molecule has 0 heterocycles. The van der Waals surface area contributed by atoms with Crippen LogP contribution in [0.15, 0.2) is 41.5 Å². The van der Waals surface area contributed by atoms with Crippen molar-refractivity contribution >= 4 is 41.0 Å². The maximum Gasteiger partial charge on any atom is 0.278 e. The third kappa shape index (κ3) is 4.01. The molecule has 0 spiro atoms. The van der Waals surface area contributed by atoms with Gasteiger partial charge in [-0.3, -0.25) is 14.9 Å². The van der Waals surface area contributed by atoms with Crippen molar-refractivity contribution in [2.45, 2.75) is 0 Å². The van der Waals surface area contributed by atoms with Gasteiger partial charge in [0.15, 0.2) is 0 Å². The van der Waals surface area contributed by atoms with Crippen LogP contribution in [0, 0.1) is 10.1 Å². The minimum atomic E-state index is -0.619. The average molecular weight is 368 g/mol. The van der Waals surface area contributed by atoms with Gasteiger partial charge in [-0.15, -0.1) is 0 Å². The number of hydrazone groups is 1. The number of nitrogens with one attached hydrogen (secondary N) is 1. The normalized spacial score (nSPS) is 10.6.